The van der Waals surface area contributed by atoms with E-state index in [0.29, 0.717) is 28.1 Å². The molecule has 4 bridgehead atoms. The highest BCUT2D eigenvalue weighted by Gasteiger charge is 2.60. The lowest BCUT2D eigenvalue weighted by molar-refractivity contribution is -0.138. The van der Waals surface area contributed by atoms with Crippen molar-refractivity contribution in [3.63, 3.8) is 0 Å². The molecule has 6 heteroatoms. The maximum Gasteiger partial charge on any atom is 0.337 e. The molecule has 2 atom stereocenters. The minimum atomic E-state index is -0.457. The molecule has 1 aromatic rings. The molecule has 134 valence electrons. The zero-order chi connectivity index (χ0) is 17.8. The molecule has 5 rings (SSSR count). The lowest BCUT2D eigenvalue weighted by Crippen LogP contribution is -2.57. The van der Waals surface area contributed by atoms with Crippen molar-refractivity contribution >= 4 is 40.8 Å². The lowest BCUT2D eigenvalue weighted by atomic mass is 9.49. The Morgan fingerprint density at radius 2 is 1.88 bits per heavy atom. The van der Waals surface area contributed by atoms with Crippen molar-refractivity contribution in [3.8, 4) is 0 Å². The molecule has 0 radical (unpaired) electrons. The predicted octanol–water partition coefficient (Wildman–Crippen LogP) is 4.64. The topological polar surface area (TPSA) is 55.4 Å². The van der Waals surface area contributed by atoms with Crippen LogP contribution in [0.25, 0.3) is 0 Å². The quantitative estimate of drug-likeness (QED) is 0.612. The van der Waals surface area contributed by atoms with Crippen molar-refractivity contribution in [3.05, 3.63) is 28.8 Å². The van der Waals surface area contributed by atoms with Gasteiger partial charge in [-0.1, -0.05) is 11.6 Å². The molecule has 0 heterocycles. The average molecular weight is 382 g/mol. The van der Waals surface area contributed by atoms with Crippen LogP contribution in [0.5, 0.6) is 0 Å². The van der Waals surface area contributed by atoms with E-state index in [2.05, 4.69) is 5.32 Å². The zero-order valence-electron chi connectivity index (χ0n) is 14.1. The summed E-state index contributed by atoms with van der Waals surface area (Å²) in [6, 6.07) is 4.76. The molecule has 1 N–H and O–H groups in total. The third-order valence-electron chi connectivity index (χ3n) is 6.11. The van der Waals surface area contributed by atoms with Crippen molar-refractivity contribution in [2.75, 3.05) is 12.4 Å². The number of hydrogen-bond acceptors (Lipinski definition) is 3. The highest BCUT2D eigenvalue weighted by molar-refractivity contribution is 6.34. The molecule has 2 unspecified atom stereocenters. The van der Waals surface area contributed by atoms with Crippen LogP contribution in [0.1, 0.15) is 48.9 Å². The highest BCUT2D eigenvalue weighted by Crippen LogP contribution is 2.64. The van der Waals surface area contributed by atoms with E-state index in [1.807, 2.05) is 0 Å². The van der Waals surface area contributed by atoms with Crippen LogP contribution >= 0.6 is 23.2 Å². The number of carbonyl (C=O) groups is 2. The highest BCUT2D eigenvalue weighted by atomic mass is 35.5. The maximum absolute atomic E-state index is 13.2. The molecule has 0 aliphatic heterocycles. The van der Waals surface area contributed by atoms with Crippen molar-refractivity contribution < 1.29 is 14.3 Å². The van der Waals surface area contributed by atoms with Gasteiger partial charge in [0.25, 0.3) is 0 Å². The van der Waals surface area contributed by atoms with E-state index in [0.717, 1.165) is 32.1 Å². The Bertz CT molecular complexity index is 734. The van der Waals surface area contributed by atoms with Crippen LogP contribution in [-0.2, 0) is 9.53 Å². The summed E-state index contributed by atoms with van der Waals surface area (Å²) in [4.78, 5) is 24.7. The molecule has 4 aliphatic rings. The average Bonchev–Trinajstić information content (AvgIpc) is 2.53. The van der Waals surface area contributed by atoms with Gasteiger partial charge in [-0.2, -0.15) is 0 Å². The van der Waals surface area contributed by atoms with Gasteiger partial charge in [0.1, 0.15) is 0 Å². The van der Waals surface area contributed by atoms with E-state index in [9.17, 15) is 9.59 Å². The van der Waals surface area contributed by atoms with Crippen LogP contribution in [0, 0.1) is 17.3 Å². The molecular formula is C19H21Cl2NO3. The molecule has 0 saturated heterocycles. The van der Waals surface area contributed by atoms with E-state index in [-0.39, 0.29) is 10.8 Å². The number of benzene rings is 1. The summed E-state index contributed by atoms with van der Waals surface area (Å²) >= 11 is 13.0. The standard InChI is InChI=1S/C19H21Cl2NO3/c1-25-16(23)13-2-3-14(20)15(5-13)22-17(24)18-6-11-4-12(7-18)9-19(21,8-11)10-18/h2-3,5,11-12H,4,6-10H2,1H3,(H,22,24). The second kappa shape index (κ2) is 5.88. The fraction of sp³-hybridized carbons (Fsp3) is 0.579. The van der Waals surface area contributed by atoms with Gasteiger partial charge in [-0.05, 0) is 68.6 Å². The van der Waals surface area contributed by atoms with Gasteiger partial charge in [0.15, 0.2) is 0 Å². The Hall–Kier alpha value is -1.26. The summed E-state index contributed by atoms with van der Waals surface area (Å²) in [7, 11) is 1.32. The second-order valence-corrected chi connectivity index (χ2v) is 9.24. The number of methoxy groups -OCH3 is 1. The van der Waals surface area contributed by atoms with Gasteiger partial charge in [-0.3, -0.25) is 4.79 Å². The first kappa shape index (κ1) is 17.2. The molecule has 1 aromatic carbocycles. The van der Waals surface area contributed by atoms with Gasteiger partial charge in [0.2, 0.25) is 5.91 Å². The van der Waals surface area contributed by atoms with Crippen molar-refractivity contribution in [2.24, 2.45) is 17.3 Å². The van der Waals surface area contributed by atoms with Gasteiger partial charge in [0.05, 0.1) is 28.8 Å². The first-order valence-corrected chi connectivity index (χ1v) is 9.46. The summed E-state index contributed by atoms with van der Waals surface area (Å²) in [5.74, 6) is 0.611. The van der Waals surface area contributed by atoms with E-state index < -0.39 is 11.4 Å². The summed E-state index contributed by atoms with van der Waals surface area (Å²) < 4.78 is 4.74. The number of amides is 1. The summed E-state index contributed by atoms with van der Waals surface area (Å²) in [6.07, 6.45) is 5.78. The number of hydrogen-bond donors (Lipinski definition) is 1. The first-order chi connectivity index (χ1) is 11.8. The number of alkyl halides is 1. The van der Waals surface area contributed by atoms with Crippen molar-refractivity contribution in [1.82, 2.24) is 0 Å². The normalized spacial score (nSPS) is 35.5. The Morgan fingerprint density at radius 3 is 2.48 bits per heavy atom. The number of ether oxygens (including phenoxy) is 1. The monoisotopic (exact) mass is 381 g/mol. The minimum Gasteiger partial charge on any atom is -0.465 e. The van der Waals surface area contributed by atoms with E-state index in [1.165, 1.54) is 13.5 Å². The third-order valence-corrected chi connectivity index (χ3v) is 6.88. The first-order valence-electron chi connectivity index (χ1n) is 8.71. The van der Waals surface area contributed by atoms with Crippen LogP contribution in [0.2, 0.25) is 5.02 Å². The van der Waals surface area contributed by atoms with Crippen LogP contribution in [0.3, 0.4) is 0 Å². The SMILES string of the molecule is COC(=O)c1ccc(Cl)c(NC(=O)C23CC4CC(CC(Cl)(C4)C2)C3)c1. The summed E-state index contributed by atoms with van der Waals surface area (Å²) in [5, 5.41) is 3.38. The predicted molar refractivity (Wildman–Crippen MR) is 97.1 cm³/mol. The van der Waals surface area contributed by atoms with Gasteiger partial charge >= 0.3 is 5.97 Å². The lowest BCUT2D eigenvalue weighted by Gasteiger charge is -2.59. The number of nitrogens with one attached hydrogen (secondary N) is 1. The molecule has 4 nitrogen and oxygen atoms in total. The minimum absolute atomic E-state index is 0.0180. The van der Waals surface area contributed by atoms with Gasteiger partial charge in [-0.25, -0.2) is 4.79 Å². The van der Waals surface area contributed by atoms with Crippen LogP contribution < -0.4 is 5.32 Å². The van der Waals surface area contributed by atoms with Crippen molar-refractivity contribution in [2.45, 2.75) is 43.4 Å². The number of halogens is 2. The molecule has 25 heavy (non-hydrogen) atoms. The maximum atomic E-state index is 13.2. The molecule has 4 fully saturated rings. The van der Waals surface area contributed by atoms with Gasteiger partial charge in [-0.15, -0.1) is 11.6 Å². The van der Waals surface area contributed by atoms with Crippen LogP contribution in [0.4, 0.5) is 5.69 Å². The van der Waals surface area contributed by atoms with Gasteiger partial charge in [0, 0.05) is 4.87 Å². The van der Waals surface area contributed by atoms with E-state index >= 15 is 0 Å². The number of carbonyl (C=O) groups excluding carboxylic acids is 2. The molecule has 0 aromatic heterocycles. The summed E-state index contributed by atoms with van der Waals surface area (Å²) in [5.41, 5.74) is 0.409. The van der Waals surface area contributed by atoms with Gasteiger partial charge < -0.3 is 10.1 Å². The fourth-order valence-corrected chi connectivity index (χ4v) is 6.39. The molecule has 4 aliphatic carbocycles. The van der Waals surface area contributed by atoms with E-state index in [1.54, 1.807) is 18.2 Å². The largest absolute Gasteiger partial charge is 0.465 e. The van der Waals surface area contributed by atoms with Crippen LogP contribution in [0.15, 0.2) is 18.2 Å². The third kappa shape index (κ3) is 2.93. The fourth-order valence-electron chi connectivity index (χ4n) is 5.54. The Kier molecular flexibility index (Phi) is 4.04. The molecule has 4 saturated carbocycles. The number of rotatable bonds is 3. The smallest absolute Gasteiger partial charge is 0.337 e. The molecular weight excluding hydrogens is 361 g/mol. The number of anilines is 1. The Labute approximate surface area is 157 Å². The number of esters is 1. The van der Waals surface area contributed by atoms with E-state index in [4.69, 9.17) is 27.9 Å². The molecule has 1 amide bonds. The van der Waals surface area contributed by atoms with Crippen molar-refractivity contribution in [1.29, 1.82) is 0 Å². The Morgan fingerprint density at radius 1 is 1.20 bits per heavy atom. The molecule has 0 spiro atoms. The second-order valence-electron chi connectivity index (χ2n) is 8.03. The summed E-state index contributed by atoms with van der Waals surface area (Å²) in [6.45, 7) is 0. The zero-order valence-corrected chi connectivity index (χ0v) is 15.6. The van der Waals surface area contributed by atoms with Crippen LogP contribution in [-0.4, -0.2) is 23.9 Å². The Balaban J connectivity index is 1.59.